The highest BCUT2D eigenvalue weighted by Crippen LogP contribution is 2.20. The van der Waals surface area contributed by atoms with Crippen LogP contribution >= 0.6 is 11.8 Å². The molecule has 1 aliphatic rings. The van der Waals surface area contributed by atoms with E-state index in [2.05, 4.69) is 27.8 Å². The van der Waals surface area contributed by atoms with Gasteiger partial charge in [0.05, 0.1) is 6.42 Å². The Morgan fingerprint density at radius 2 is 2.12 bits per heavy atom. The van der Waals surface area contributed by atoms with Gasteiger partial charge in [-0.3, -0.25) is 9.78 Å². The standard InChI is InChI=1S/C19H23N3OS/c1-13-18(17-7-8-20-10-15(17)11-21-13)12-22-19(23)9-14-3-5-16(24-2)6-4-14/h3-6,11,20H,7-10,12H2,1-2H3,(H,22,23). The molecule has 2 aromatic rings. The van der Waals surface area contributed by atoms with Crippen LogP contribution < -0.4 is 10.6 Å². The molecular weight excluding hydrogens is 318 g/mol. The zero-order valence-electron chi connectivity index (χ0n) is 14.2. The van der Waals surface area contributed by atoms with Crippen LogP contribution in [0, 0.1) is 6.92 Å². The summed E-state index contributed by atoms with van der Waals surface area (Å²) in [7, 11) is 0. The molecule has 1 amide bonds. The zero-order chi connectivity index (χ0) is 16.9. The third kappa shape index (κ3) is 3.97. The summed E-state index contributed by atoms with van der Waals surface area (Å²) in [5.74, 6) is 0.0536. The van der Waals surface area contributed by atoms with Gasteiger partial charge in [0, 0.05) is 29.9 Å². The van der Waals surface area contributed by atoms with Crippen molar-refractivity contribution in [2.45, 2.75) is 37.8 Å². The number of aromatic nitrogens is 1. The average molecular weight is 341 g/mol. The third-order valence-electron chi connectivity index (χ3n) is 4.46. The van der Waals surface area contributed by atoms with Crippen molar-refractivity contribution in [1.29, 1.82) is 0 Å². The quantitative estimate of drug-likeness (QED) is 0.821. The molecule has 4 nitrogen and oxygen atoms in total. The van der Waals surface area contributed by atoms with E-state index in [0.29, 0.717) is 13.0 Å². The molecule has 126 valence electrons. The molecule has 0 fully saturated rings. The van der Waals surface area contributed by atoms with E-state index in [-0.39, 0.29) is 5.91 Å². The van der Waals surface area contributed by atoms with Crippen molar-refractivity contribution in [3.05, 3.63) is 58.4 Å². The first-order valence-electron chi connectivity index (χ1n) is 8.24. The number of pyridine rings is 1. The van der Waals surface area contributed by atoms with Gasteiger partial charge in [0.25, 0.3) is 0 Å². The SMILES string of the molecule is CSc1ccc(CC(=O)NCc2c(C)ncc3c2CCNC3)cc1. The Labute approximate surface area is 147 Å². The highest BCUT2D eigenvalue weighted by Gasteiger charge is 2.16. The van der Waals surface area contributed by atoms with Gasteiger partial charge in [-0.1, -0.05) is 12.1 Å². The minimum Gasteiger partial charge on any atom is -0.352 e. The van der Waals surface area contributed by atoms with Gasteiger partial charge in [0.1, 0.15) is 0 Å². The summed E-state index contributed by atoms with van der Waals surface area (Å²) in [6, 6.07) is 8.16. The maximum absolute atomic E-state index is 12.3. The first-order chi connectivity index (χ1) is 11.7. The molecule has 2 heterocycles. The molecule has 0 spiro atoms. The van der Waals surface area contributed by atoms with Crippen molar-refractivity contribution in [3.8, 4) is 0 Å². The Bertz CT molecular complexity index is 728. The van der Waals surface area contributed by atoms with Crippen LogP contribution in [0.4, 0.5) is 0 Å². The van der Waals surface area contributed by atoms with Crippen LogP contribution in [0.1, 0.15) is 27.9 Å². The summed E-state index contributed by atoms with van der Waals surface area (Å²) in [4.78, 5) is 18.0. The van der Waals surface area contributed by atoms with Crippen molar-refractivity contribution >= 4 is 17.7 Å². The molecule has 1 aromatic carbocycles. The number of thioether (sulfide) groups is 1. The van der Waals surface area contributed by atoms with Crippen molar-refractivity contribution < 1.29 is 4.79 Å². The molecule has 0 aliphatic carbocycles. The van der Waals surface area contributed by atoms with E-state index in [9.17, 15) is 4.79 Å². The number of aryl methyl sites for hydroxylation is 1. The van der Waals surface area contributed by atoms with Crippen molar-refractivity contribution in [1.82, 2.24) is 15.6 Å². The van der Waals surface area contributed by atoms with Crippen LogP contribution in [-0.4, -0.2) is 23.7 Å². The highest BCUT2D eigenvalue weighted by atomic mass is 32.2. The second-order valence-electron chi connectivity index (χ2n) is 6.05. The Kier molecular flexibility index (Phi) is 5.53. The summed E-state index contributed by atoms with van der Waals surface area (Å²) < 4.78 is 0. The number of rotatable bonds is 5. The predicted molar refractivity (Wildman–Crippen MR) is 98.2 cm³/mol. The molecule has 0 bridgehead atoms. The maximum atomic E-state index is 12.3. The van der Waals surface area contributed by atoms with E-state index in [0.717, 1.165) is 30.8 Å². The van der Waals surface area contributed by atoms with Crippen LogP contribution in [0.3, 0.4) is 0 Å². The lowest BCUT2D eigenvalue weighted by atomic mass is 9.96. The second-order valence-corrected chi connectivity index (χ2v) is 6.93. The minimum atomic E-state index is 0.0536. The number of carbonyl (C=O) groups excluding carboxylic acids is 1. The molecule has 3 rings (SSSR count). The lowest BCUT2D eigenvalue weighted by Gasteiger charge is -2.21. The summed E-state index contributed by atoms with van der Waals surface area (Å²) in [6.07, 6.45) is 5.42. The van der Waals surface area contributed by atoms with Crippen LogP contribution in [-0.2, 0) is 30.7 Å². The highest BCUT2D eigenvalue weighted by molar-refractivity contribution is 7.98. The number of fused-ring (bicyclic) bond motifs is 1. The number of benzene rings is 1. The van der Waals surface area contributed by atoms with E-state index in [1.54, 1.807) is 11.8 Å². The average Bonchev–Trinajstić information content (AvgIpc) is 2.61. The number of carbonyl (C=O) groups is 1. The molecule has 5 heteroatoms. The van der Waals surface area contributed by atoms with E-state index in [4.69, 9.17) is 0 Å². The van der Waals surface area contributed by atoms with Gasteiger partial charge in [-0.25, -0.2) is 0 Å². The first-order valence-corrected chi connectivity index (χ1v) is 9.46. The van der Waals surface area contributed by atoms with Gasteiger partial charge in [-0.05, 0) is 60.5 Å². The Balaban J connectivity index is 1.64. The van der Waals surface area contributed by atoms with Crippen molar-refractivity contribution in [2.75, 3.05) is 12.8 Å². The van der Waals surface area contributed by atoms with Crippen LogP contribution in [0.15, 0.2) is 35.4 Å². The number of amides is 1. The van der Waals surface area contributed by atoms with E-state index in [1.165, 1.54) is 21.6 Å². The third-order valence-corrected chi connectivity index (χ3v) is 5.20. The number of hydrogen-bond donors (Lipinski definition) is 2. The summed E-state index contributed by atoms with van der Waals surface area (Å²) >= 11 is 1.71. The van der Waals surface area contributed by atoms with E-state index < -0.39 is 0 Å². The Morgan fingerprint density at radius 3 is 2.88 bits per heavy atom. The van der Waals surface area contributed by atoms with Gasteiger partial charge in [-0.15, -0.1) is 11.8 Å². The molecule has 1 aliphatic heterocycles. The lowest BCUT2D eigenvalue weighted by molar-refractivity contribution is -0.120. The van der Waals surface area contributed by atoms with Crippen molar-refractivity contribution in [3.63, 3.8) is 0 Å². The molecule has 0 unspecified atom stereocenters. The smallest absolute Gasteiger partial charge is 0.224 e. The van der Waals surface area contributed by atoms with Gasteiger partial charge < -0.3 is 10.6 Å². The van der Waals surface area contributed by atoms with Gasteiger partial charge in [0.2, 0.25) is 5.91 Å². The van der Waals surface area contributed by atoms with E-state index >= 15 is 0 Å². The molecular formula is C19H23N3OS. The van der Waals surface area contributed by atoms with Gasteiger partial charge >= 0.3 is 0 Å². The largest absolute Gasteiger partial charge is 0.352 e. The second kappa shape index (κ2) is 7.81. The molecule has 0 radical (unpaired) electrons. The fourth-order valence-corrected chi connectivity index (χ4v) is 3.46. The van der Waals surface area contributed by atoms with Crippen molar-refractivity contribution in [2.24, 2.45) is 0 Å². The summed E-state index contributed by atoms with van der Waals surface area (Å²) in [5, 5.41) is 6.43. The fourth-order valence-electron chi connectivity index (χ4n) is 3.06. The zero-order valence-corrected chi connectivity index (χ0v) is 15.0. The first kappa shape index (κ1) is 17.0. The van der Waals surface area contributed by atoms with Crippen LogP contribution in [0.5, 0.6) is 0 Å². The normalized spacial score (nSPS) is 13.4. The fraction of sp³-hybridized carbons (Fsp3) is 0.368. The summed E-state index contributed by atoms with van der Waals surface area (Å²) in [5.41, 5.74) is 5.84. The van der Waals surface area contributed by atoms with Gasteiger partial charge in [-0.2, -0.15) is 0 Å². The summed E-state index contributed by atoms with van der Waals surface area (Å²) in [6.45, 7) is 4.43. The topological polar surface area (TPSA) is 54.0 Å². The number of hydrogen-bond acceptors (Lipinski definition) is 4. The molecule has 0 saturated heterocycles. The molecule has 24 heavy (non-hydrogen) atoms. The van der Waals surface area contributed by atoms with Crippen LogP contribution in [0.25, 0.3) is 0 Å². The molecule has 1 aromatic heterocycles. The Morgan fingerprint density at radius 1 is 1.33 bits per heavy atom. The Hall–Kier alpha value is -1.85. The molecule has 0 atom stereocenters. The van der Waals surface area contributed by atoms with E-state index in [1.807, 2.05) is 31.5 Å². The molecule has 0 saturated carbocycles. The maximum Gasteiger partial charge on any atom is 0.224 e. The van der Waals surface area contributed by atoms with Crippen LogP contribution in [0.2, 0.25) is 0 Å². The predicted octanol–water partition coefficient (Wildman–Crippen LogP) is 2.62. The molecule has 2 N–H and O–H groups in total. The lowest BCUT2D eigenvalue weighted by Crippen LogP contribution is -2.29. The monoisotopic (exact) mass is 341 g/mol. The number of nitrogens with one attached hydrogen (secondary N) is 2. The number of nitrogens with zero attached hydrogens (tertiary/aromatic N) is 1. The minimum absolute atomic E-state index is 0.0536. The van der Waals surface area contributed by atoms with Gasteiger partial charge in [0.15, 0.2) is 0 Å².